The molecule has 2 rings (SSSR count). The molecular formula is C10H12N2O3. The first-order valence-corrected chi connectivity index (χ1v) is 4.71. The summed E-state index contributed by atoms with van der Waals surface area (Å²) in [6, 6.07) is 1.66. The Hall–Kier alpha value is -1.78. The summed E-state index contributed by atoms with van der Waals surface area (Å²) >= 11 is 0. The fourth-order valence-corrected chi connectivity index (χ4v) is 1.43. The fraction of sp³-hybridized carbons (Fsp3) is 0.400. The van der Waals surface area contributed by atoms with Crippen LogP contribution in [-0.4, -0.2) is 31.0 Å². The van der Waals surface area contributed by atoms with Crippen LogP contribution in [0.25, 0.3) is 0 Å². The molecule has 1 N–H and O–H groups in total. The molecule has 0 atom stereocenters. The van der Waals surface area contributed by atoms with Gasteiger partial charge in [0.05, 0.1) is 5.56 Å². The zero-order chi connectivity index (χ0) is 10.8. The van der Waals surface area contributed by atoms with E-state index in [1.165, 1.54) is 6.92 Å². The highest BCUT2D eigenvalue weighted by molar-refractivity contribution is 5.99. The normalized spacial score (nSPS) is 13.5. The van der Waals surface area contributed by atoms with Crippen molar-refractivity contribution in [2.24, 2.45) is 0 Å². The van der Waals surface area contributed by atoms with Gasteiger partial charge in [0.25, 0.3) is 5.88 Å². The van der Waals surface area contributed by atoms with E-state index in [-0.39, 0.29) is 5.78 Å². The molecule has 1 aliphatic rings. The van der Waals surface area contributed by atoms with Crippen LogP contribution in [0, 0.1) is 0 Å². The maximum Gasteiger partial charge on any atom is 0.259 e. The van der Waals surface area contributed by atoms with Crippen LogP contribution in [0.1, 0.15) is 17.3 Å². The standard InChI is InChI=1S/C10H12N2O3/c1-6(13)7-5-8-10(12-9(7)11-2)15-4-3-14-8/h5H,3-4H2,1-2H3,(H,11,12). The van der Waals surface area contributed by atoms with Gasteiger partial charge in [-0.1, -0.05) is 0 Å². The number of hydrogen-bond donors (Lipinski definition) is 1. The molecule has 1 aromatic heterocycles. The molecule has 1 aliphatic heterocycles. The van der Waals surface area contributed by atoms with Gasteiger partial charge in [-0.2, -0.15) is 4.98 Å². The third kappa shape index (κ3) is 1.72. The number of ketones is 1. The number of rotatable bonds is 2. The number of nitrogens with zero attached hydrogens (tertiary/aromatic N) is 1. The van der Waals surface area contributed by atoms with Crippen LogP contribution < -0.4 is 14.8 Å². The number of anilines is 1. The Balaban J connectivity index is 2.51. The summed E-state index contributed by atoms with van der Waals surface area (Å²) in [5, 5.41) is 2.86. The number of Topliss-reactive ketones (excluding diaryl/α,β-unsaturated/α-hetero) is 1. The van der Waals surface area contributed by atoms with Crippen molar-refractivity contribution in [2.75, 3.05) is 25.6 Å². The number of pyridine rings is 1. The average molecular weight is 208 g/mol. The monoisotopic (exact) mass is 208 g/mol. The second-order valence-electron chi connectivity index (χ2n) is 3.19. The second kappa shape index (κ2) is 3.76. The van der Waals surface area contributed by atoms with Crippen molar-refractivity contribution >= 4 is 11.6 Å². The first-order chi connectivity index (χ1) is 7.22. The largest absolute Gasteiger partial charge is 0.484 e. The van der Waals surface area contributed by atoms with E-state index in [0.717, 1.165) is 0 Å². The summed E-state index contributed by atoms with van der Waals surface area (Å²) in [6.07, 6.45) is 0. The van der Waals surface area contributed by atoms with Crippen LogP contribution in [0.15, 0.2) is 6.07 Å². The molecule has 0 radical (unpaired) electrons. The van der Waals surface area contributed by atoms with Crippen molar-refractivity contribution in [3.8, 4) is 11.6 Å². The van der Waals surface area contributed by atoms with Gasteiger partial charge >= 0.3 is 0 Å². The van der Waals surface area contributed by atoms with Gasteiger partial charge < -0.3 is 14.8 Å². The Bertz CT molecular complexity index is 404. The van der Waals surface area contributed by atoms with E-state index in [2.05, 4.69) is 10.3 Å². The molecule has 0 aliphatic carbocycles. The van der Waals surface area contributed by atoms with Crippen molar-refractivity contribution in [1.29, 1.82) is 0 Å². The van der Waals surface area contributed by atoms with E-state index in [9.17, 15) is 4.79 Å². The Morgan fingerprint density at radius 1 is 1.47 bits per heavy atom. The molecule has 0 aromatic carbocycles. The minimum Gasteiger partial charge on any atom is -0.484 e. The smallest absolute Gasteiger partial charge is 0.259 e. The highest BCUT2D eigenvalue weighted by atomic mass is 16.6. The Labute approximate surface area is 87.4 Å². The van der Waals surface area contributed by atoms with E-state index in [0.29, 0.717) is 36.2 Å². The summed E-state index contributed by atoms with van der Waals surface area (Å²) in [4.78, 5) is 15.5. The van der Waals surface area contributed by atoms with Crippen LogP contribution in [0.3, 0.4) is 0 Å². The summed E-state index contributed by atoms with van der Waals surface area (Å²) in [5.74, 6) is 1.44. The summed E-state index contributed by atoms with van der Waals surface area (Å²) in [7, 11) is 1.71. The number of fused-ring (bicyclic) bond motifs is 1. The molecule has 80 valence electrons. The quantitative estimate of drug-likeness (QED) is 0.737. The summed E-state index contributed by atoms with van der Waals surface area (Å²) in [5.41, 5.74) is 0.516. The molecule has 5 nitrogen and oxygen atoms in total. The van der Waals surface area contributed by atoms with E-state index in [1.54, 1.807) is 13.1 Å². The summed E-state index contributed by atoms with van der Waals surface area (Å²) in [6.45, 7) is 2.47. The molecule has 5 heteroatoms. The molecule has 0 amide bonds. The Morgan fingerprint density at radius 3 is 2.87 bits per heavy atom. The molecule has 0 saturated heterocycles. The number of nitrogens with one attached hydrogen (secondary N) is 1. The highest BCUT2D eigenvalue weighted by Crippen LogP contribution is 2.32. The van der Waals surface area contributed by atoms with Gasteiger partial charge in [-0.15, -0.1) is 0 Å². The molecule has 1 aromatic rings. The number of hydrogen-bond acceptors (Lipinski definition) is 5. The average Bonchev–Trinajstić information content (AvgIpc) is 2.27. The van der Waals surface area contributed by atoms with E-state index < -0.39 is 0 Å². The van der Waals surface area contributed by atoms with Gasteiger partial charge in [-0.3, -0.25) is 4.79 Å². The molecular weight excluding hydrogens is 196 g/mol. The lowest BCUT2D eigenvalue weighted by Gasteiger charge is -2.19. The molecule has 15 heavy (non-hydrogen) atoms. The number of aromatic nitrogens is 1. The number of carbonyl (C=O) groups excluding carboxylic acids is 1. The van der Waals surface area contributed by atoms with E-state index in [1.807, 2.05) is 0 Å². The predicted molar refractivity (Wildman–Crippen MR) is 54.8 cm³/mol. The third-order valence-electron chi connectivity index (χ3n) is 2.15. The third-order valence-corrected chi connectivity index (χ3v) is 2.15. The van der Waals surface area contributed by atoms with Crippen LogP contribution in [0.5, 0.6) is 11.6 Å². The van der Waals surface area contributed by atoms with Gasteiger partial charge in [0, 0.05) is 13.1 Å². The molecule has 0 unspecified atom stereocenters. The van der Waals surface area contributed by atoms with Gasteiger partial charge in [-0.25, -0.2) is 0 Å². The minimum absolute atomic E-state index is 0.0520. The zero-order valence-electron chi connectivity index (χ0n) is 8.66. The number of carbonyl (C=O) groups is 1. The second-order valence-corrected chi connectivity index (χ2v) is 3.19. The van der Waals surface area contributed by atoms with Crippen molar-refractivity contribution in [2.45, 2.75) is 6.92 Å². The molecule has 0 fully saturated rings. The first-order valence-electron chi connectivity index (χ1n) is 4.71. The van der Waals surface area contributed by atoms with Crippen molar-refractivity contribution in [3.05, 3.63) is 11.6 Å². The lowest BCUT2D eigenvalue weighted by molar-refractivity contribution is 0.101. The SMILES string of the molecule is CNc1nc2c(cc1C(C)=O)OCCO2. The van der Waals surface area contributed by atoms with E-state index in [4.69, 9.17) is 9.47 Å². The minimum atomic E-state index is -0.0520. The van der Waals surface area contributed by atoms with Gasteiger partial charge in [-0.05, 0) is 6.92 Å². The molecule has 0 saturated carbocycles. The maximum absolute atomic E-state index is 11.3. The van der Waals surface area contributed by atoms with Gasteiger partial charge in [0.2, 0.25) is 0 Å². The maximum atomic E-state index is 11.3. The van der Waals surface area contributed by atoms with Gasteiger partial charge in [0.15, 0.2) is 11.5 Å². The van der Waals surface area contributed by atoms with Crippen LogP contribution in [0.4, 0.5) is 5.82 Å². The van der Waals surface area contributed by atoms with Crippen molar-refractivity contribution in [3.63, 3.8) is 0 Å². The first kappa shape index (κ1) is 9.76. The molecule has 0 bridgehead atoms. The Kier molecular flexibility index (Phi) is 2.45. The zero-order valence-corrected chi connectivity index (χ0v) is 8.66. The topological polar surface area (TPSA) is 60.5 Å². The van der Waals surface area contributed by atoms with Gasteiger partial charge in [0.1, 0.15) is 19.0 Å². The highest BCUT2D eigenvalue weighted by Gasteiger charge is 2.18. The lowest BCUT2D eigenvalue weighted by atomic mass is 10.2. The van der Waals surface area contributed by atoms with Crippen molar-refractivity contribution in [1.82, 2.24) is 4.98 Å². The molecule has 0 spiro atoms. The van der Waals surface area contributed by atoms with Crippen LogP contribution in [0.2, 0.25) is 0 Å². The molecule has 2 heterocycles. The predicted octanol–water partition coefficient (Wildman–Crippen LogP) is 1.10. The van der Waals surface area contributed by atoms with Crippen LogP contribution in [-0.2, 0) is 0 Å². The summed E-state index contributed by atoms with van der Waals surface area (Å²) < 4.78 is 10.7. The van der Waals surface area contributed by atoms with Crippen molar-refractivity contribution < 1.29 is 14.3 Å². The number of ether oxygens (including phenoxy) is 2. The lowest BCUT2D eigenvalue weighted by Crippen LogP contribution is -2.18. The Morgan fingerprint density at radius 2 is 2.20 bits per heavy atom. The fourth-order valence-electron chi connectivity index (χ4n) is 1.43. The van der Waals surface area contributed by atoms with E-state index >= 15 is 0 Å². The van der Waals surface area contributed by atoms with Crippen LogP contribution >= 0.6 is 0 Å².